The van der Waals surface area contributed by atoms with E-state index in [1.165, 1.54) is 19.3 Å². The molecule has 0 atom stereocenters. The summed E-state index contributed by atoms with van der Waals surface area (Å²) in [5.41, 5.74) is 0.740. The van der Waals surface area contributed by atoms with Crippen LogP contribution >= 0.6 is 23.2 Å². The lowest BCUT2D eigenvalue weighted by molar-refractivity contribution is -0.116. The van der Waals surface area contributed by atoms with E-state index < -0.39 is 0 Å². The molecule has 1 aliphatic carbocycles. The third-order valence-corrected chi connectivity index (χ3v) is 4.32. The van der Waals surface area contributed by atoms with Gasteiger partial charge in [-0.2, -0.15) is 0 Å². The van der Waals surface area contributed by atoms with Crippen LogP contribution in [0.5, 0.6) is 0 Å². The Morgan fingerprint density at radius 2 is 2.00 bits per heavy atom. The van der Waals surface area contributed by atoms with Gasteiger partial charge < -0.3 is 10.1 Å². The quantitative estimate of drug-likeness (QED) is 0.754. The molecule has 2 aliphatic rings. The van der Waals surface area contributed by atoms with Crippen LogP contribution in [-0.2, 0) is 9.53 Å². The SMILES string of the molecule is C=C/C(Cl)=C(/COC1CCCCC1)C(=C)Cl.O=C1CCNC1. The molecule has 0 radical (unpaired) electrons. The van der Waals surface area contributed by atoms with Gasteiger partial charge in [-0.1, -0.05) is 61.7 Å². The molecule has 1 N–H and O–H groups in total. The zero-order valence-corrected chi connectivity index (χ0v) is 14.5. The predicted octanol–water partition coefficient (Wildman–Crippen LogP) is 4.32. The number of ketones is 1. The van der Waals surface area contributed by atoms with Gasteiger partial charge in [-0.25, -0.2) is 0 Å². The van der Waals surface area contributed by atoms with Crippen molar-refractivity contribution in [1.82, 2.24) is 5.32 Å². The minimum Gasteiger partial charge on any atom is -0.373 e. The number of Topliss-reactive ketones (excluding diaryl/α,β-unsaturated/α-hetero) is 1. The molecule has 2 fully saturated rings. The molecular formula is C17H25Cl2NO2. The average molecular weight is 346 g/mol. The number of rotatable bonds is 5. The summed E-state index contributed by atoms with van der Waals surface area (Å²) in [5, 5.41) is 3.88. The van der Waals surface area contributed by atoms with E-state index >= 15 is 0 Å². The van der Waals surface area contributed by atoms with Crippen molar-refractivity contribution in [2.24, 2.45) is 0 Å². The number of hydrogen-bond donors (Lipinski definition) is 1. The van der Waals surface area contributed by atoms with E-state index in [4.69, 9.17) is 27.9 Å². The lowest BCUT2D eigenvalue weighted by Crippen LogP contribution is -2.18. The van der Waals surface area contributed by atoms with Gasteiger partial charge in [0.2, 0.25) is 0 Å². The third-order valence-electron chi connectivity index (χ3n) is 3.71. The first-order valence-corrected chi connectivity index (χ1v) is 8.50. The van der Waals surface area contributed by atoms with Crippen LogP contribution in [0.2, 0.25) is 0 Å². The minimum absolute atomic E-state index is 0.342. The van der Waals surface area contributed by atoms with Crippen LogP contribution in [-0.4, -0.2) is 31.6 Å². The Bertz CT molecular complexity index is 418. The summed E-state index contributed by atoms with van der Waals surface area (Å²) in [6, 6.07) is 0. The molecule has 0 aromatic heterocycles. The van der Waals surface area contributed by atoms with E-state index in [1.54, 1.807) is 6.08 Å². The third kappa shape index (κ3) is 7.59. The first kappa shape index (κ1) is 19.4. The van der Waals surface area contributed by atoms with Gasteiger partial charge in [-0.05, 0) is 12.8 Å². The summed E-state index contributed by atoms with van der Waals surface area (Å²) < 4.78 is 5.79. The molecule has 0 unspecified atom stereocenters. The summed E-state index contributed by atoms with van der Waals surface area (Å²) in [7, 11) is 0. The molecule has 2 rings (SSSR count). The lowest BCUT2D eigenvalue weighted by Gasteiger charge is -2.22. The lowest BCUT2D eigenvalue weighted by atomic mass is 9.98. The van der Waals surface area contributed by atoms with Crippen molar-refractivity contribution in [3.63, 3.8) is 0 Å². The monoisotopic (exact) mass is 345 g/mol. The molecule has 0 aromatic rings. The van der Waals surface area contributed by atoms with E-state index in [2.05, 4.69) is 18.5 Å². The molecule has 5 heteroatoms. The fourth-order valence-electron chi connectivity index (χ4n) is 2.38. The number of ether oxygens (including phenoxy) is 1. The predicted molar refractivity (Wildman–Crippen MR) is 93.4 cm³/mol. The van der Waals surface area contributed by atoms with Crippen LogP contribution in [0.3, 0.4) is 0 Å². The summed E-state index contributed by atoms with van der Waals surface area (Å²) in [5.74, 6) is 0.343. The maximum Gasteiger partial charge on any atom is 0.147 e. The van der Waals surface area contributed by atoms with Crippen LogP contribution < -0.4 is 5.32 Å². The summed E-state index contributed by atoms with van der Waals surface area (Å²) in [6.07, 6.45) is 8.73. The fourth-order valence-corrected chi connectivity index (χ4v) is 2.75. The maximum atomic E-state index is 10.2. The smallest absolute Gasteiger partial charge is 0.147 e. The van der Waals surface area contributed by atoms with Crippen molar-refractivity contribution in [3.8, 4) is 0 Å². The van der Waals surface area contributed by atoms with E-state index in [9.17, 15) is 4.79 Å². The van der Waals surface area contributed by atoms with Crippen molar-refractivity contribution >= 4 is 29.0 Å². The number of carbonyl (C=O) groups excluding carboxylic acids is 1. The zero-order chi connectivity index (χ0) is 16.4. The van der Waals surface area contributed by atoms with E-state index in [-0.39, 0.29) is 0 Å². The second-order valence-corrected chi connectivity index (χ2v) is 6.34. The van der Waals surface area contributed by atoms with Gasteiger partial charge in [-0.15, -0.1) is 0 Å². The zero-order valence-electron chi connectivity index (χ0n) is 13.0. The van der Waals surface area contributed by atoms with Crippen molar-refractivity contribution in [2.45, 2.75) is 44.6 Å². The molecule has 1 saturated heterocycles. The number of hydrogen-bond acceptors (Lipinski definition) is 3. The average Bonchev–Trinajstić information content (AvgIpc) is 2.99. The molecule has 22 heavy (non-hydrogen) atoms. The number of nitrogens with one attached hydrogen (secondary N) is 1. The van der Waals surface area contributed by atoms with Gasteiger partial charge in [-0.3, -0.25) is 4.79 Å². The molecule has 0 bridgehead atoms. The van der Waals surface area contributed by atoms with Gasteiger partial charge in [0.25, 0.3) is 0 Å². The summed E-state index contributed by atoms with van der Waals surface area (Å²) in [4.78, 5) is 10.2. The Morgan fingerprint density at radius 3 is 2.41 bits per heavy atom. The Morgan fingerprint density at radius 1 is 1.32 bits per heavy atom. The molecule has 0 amide bonds. The second-order valence-electron chi connectivity index (χ2n) is 5.47. The van der Waals surface area contributed by atoms with Gasteiger partial charge in [0, 0.05) is 28.6 Å². The Labute approximate surface area is 143 Å². The Kier molecular flexibility index (Phi) is 9.73. The largest absolute Gasteiger partial charge is 0.373 e. The molecule has 3 nitrogen and oxygen atoms in total. The van der Waals surface area contributed by atoms with E-state index in [0.29, 0.717) is 35.1 Å². The summed E-state index contributed by atoms with van der Waals surface area (Å²) in [6.45, 7) is 9.21. The Balaban J connectivity index is 0.000000335. The van der Waals surface area contributed by atoms with E-state index in [1.807, 2.05) is 0 Å². The summed E-state index contributed by atoms with van der Waals surface area (Å²) >= 11 is 11.9. The minimum atomic E-state index is 0.342. The molecular weight excluding hydrogens is 321 g/mol. The highest BCUT2D eigenvalue weighted by atomic mass is 35.5. The van der Waals surface area contributed by atoms with Gasteiger partial charge in [0.1, 0.15) is 5.78 Å². The van der Waals surface area contributed by atoms with Gasteiger partial charge >= 0.3 is 0 Å². The topological polar surface area (TPSA) is 38.3 Å². The van der Waals surface area contributed by atoms with Gasteiger partial charge in [0.05, 0.1) is 19.3 Å². The number of halogens is 2. The van der Waals surface area contributed by atoms with Crippen molar-refractivity contribution in [3.05, 3.63) is 34.9 Å². The van der Waals surface area contributed by atoms with Crippen LogP contribution in [0.25, 0.3) is 0 Å². The molecule has 1 heterocycles. The molecule has 0 spiro atoms. The van der Waals surface area contributed by atoms with Gasteiger partial charge in [0.15, 0.2) is 0 Å². The number of allylic oxidation sites excluding steroid dienone is 2. The maximum absolute atomic E-state index is 10.2. The molecule has 1 aliphatic heterocycles. The van der Waals surface area contributed by atoms with Crippen molar-refractivity contribution < 1.29 is 9.53 Å². The standard InChI is InChI=1S/C13H18Cl2O.C4H7NO/c1-3-13(15)12(10(2)14)9-16-11-7-5-4-6-8-11;6-4-1-2-5-3-4/h3,11H,1-2,4-9H2;5H,1-3H2/b13-12+;. The van der Waals surface area contributed by atoms with Crippen LogP contribution in [0, 0.1) is 0 Å². The fraction of sp³-hybridized carbons (Fsp3) is 0.588. The first-order chi connectivity index (χ1) is 10.5. The highest BCUT2D eigenvalue weighted by Crippen LogP contribution is 2.25. The highest BCUT2D eigenvalue weighted by molar-refractivity contribution is 6.36. The normalized spacial score (nSPS) is 20.0. The first-order valence-electron chi connectivity index (χ1n) is 7.74. The molecule has 0 aromatic carbocycles. The van der Waals surface area contributed by atoms with E-state index in [0.717, 1.165) is 31.4 Å². The van der Waals surface area contributed by atoms with Crippen molar-refractivity contribution in [1.29, 1.82) is 0 Å². The molecule has 1 saturated carbocycles. The highest BCUT2D eigenvalue weighted by Gasteiger charge is 2.15. The Hall–Kier alpha value is -0.610. The van der Waals surface area contributed by atoms with Crippen LogP contribution in [0.1, 0.15) is 38.5 Å². The second kappa shape index (κ2) is 11.0. The van der Waals surface area contributed by atoms with Crippen molar-refractivity contribution in [2.75, 3.05) is 19.7 Å². The van der Waals surface area contributed by atoms with Crippen LogP contribution in [0.4, 0.5) is 0 Å². The molecule has 124 valence electrons. The number of carbonyl (C=O) groups is 1. The van der Waals surface area contributed by atoms with Crippen LogP contribution in [0.15, 0.2) is 34.9 Å².